The molecule has 0 bridgehead atoms. The van der Waals surface area contributed by atoms with Gasteiger partial charge in [-0.1, -0.05) is 64.7 Å². The van der Waals surface area contributed by atoms with E-state index in [1.54, 1.807) is 11.8 Å². The summed E-state index contributed by atoms with van der Waals surface area (Å²) < 4.78 is 0. The average Bonchev–Trinajstić information content (AvgIpc) is 2.25. The first kappa shape index (κ1) is 16.3. The lowest BCUT2D eigenvalue weighted by Crippen LogP contribution is -1.93. The predicted molar refractivity (Wildman–Crippen MR) is 76.0 cm³/mol. The van der Waals surface area contributed by atoms with Gasteiger partial charge in [-0.25, -0.2) is 0 Å². The minimum absolute atomic E-state index is 0.182. The molecule has 2 heteroatoms. The summed E-state index contributed by atoms with van der Waals surface area (Å²) in [4.78, 5) is 0. The van der Waals surface area contributed by atoms with Crippen LogP contribution in [0.2, 0.25) is 0 Å². The van der Waals surface area contributed by atoms with Crippen molar-refractivity contribution in [2.75, 3.05) is 5.75 Å². The fourth-order valence-electron chi connectivity index (χ4n) is 1.84. The lowest BCUT2D eigenvalue weighted by Gasteiger charge is -2.04. The van der Waals surface area contributed by atoms with Crippen molar-refractivity contribution < 1.29 is 5.11 Å². The largest absolute Gasteiger partial charge is 0.383 e. The van der Waals surface area contributed by atoms with Gasteiger partial charge in [0.1, 0.15) is 0 Å². The first-order valence-electron chi connectivity index (χ1n) is 7.07. The molecule has 1 unspecified atom stereocenters. The van der Waals surface area contributed by atoms with Crippen LogP contribution >= 0.6 is 11.8 Å². The van der Waals surface area contributed by atoms with Crippen molar-refractivity contribution in [1.29, 1.82) is 0 Å². The molecule has 0 rings (SSSR count). The second kappa shape index (κ2) is 13.4. The zero-order valence-corrected chi connectivity index (χ0v) is 12.0. The van der Waals surface area contributed by atoms with Gasteiger partial charge >= 0.3 is 0 Å². The van der Waals surface area contributed by atoms with Crippen molar-refractivity contribution in [2.45, 2.75) is 83.5 Å². The van der Waals surface area contributed by atoms with Crippen LogP contribution in [0.4, 0.5) is 0 Å². The Hall–Kier alpha value is 0.310. The summed E-state index contributed by atoms with van der Waals surface area (Å²) in [6.45, 7) is 4.12. The zero-order valence-electron chi connectivity index (χ0n) is 11.2. The molecule has 0 spiro atoms. The van der Waals surface area contributed by atoms with Gasteiger partial charge in [0.25, 0.3) is 0 Å². The van der Waals surface area contributed by atoms with Crippen molar-refractivity contribution in [2.24, 2.45) is 0 Å². The summed E-state index contributed by atoms with van der Waals surface area (Å²) in [6.07, 6.45) is 13.9. The molecule has 0 radical (unpaired) electrons. The number of unbranched alkanes of at least 4 members (excludes halogenated alkanes) is 9. The first-order chi connectivity index (χ1) is 7.77. The molecule has 0 saturated carbocycles. The van der Waals surface area contributed by atoms with Crippen molar-refractivity contribution in [3.8, 4) is 0 Å². The second-order valence-corrected chi connectivity index (χ2v) is 6.08. The maximum atomic E-state index is 9.06. The molecule has 0 aromatic heterocycles. The SMILES string of the molecule is CCCCCCCCCCCCSC(C)O. The van der Waals surface area contributed by atoms with Gasteiger partial charge in [0.05, 0.1) is 5.44 Å². The molecule has 0 aromatic rings. The highest BCUT2D eigenvalue weighted by molar-refractivity contribution is 7.99. The normalized spacial score (nSPS) is 12.9. The third-order valence-electron chi connectivity index (χ3n) is 2.86. The van der Waals surface area contributed by atoms with Crippen molar-refractivity contribution >= 4 is 11.8 Å². The second-order valence-electron chi connectivity index (χ2n) is 4.65. The highest BCUT2D eigenvalue weighted by Gasteiger charge is 1.96. The van der Waals surface area contributed by atoms with Crippen molar-refractivity contribution in [3.63, 3.8) is 0 Å². The van der Waals surface area contributed by atoms with E-state index in [1.165, 1.54) is 64.2 Å². The molecule has 0 aliphatic rings. The Balaban J connectivity index is 2.88. The molecular formula is C14H30OS. The molecule has 0 aliphatic carbocycles. The summed E-state index contributed by atoms with van der Waals surface area (Å²) in [5.41, 5.74) is -0.182. The topological polar surface area (TPSA) is 20.2 Å². The van der Waals surface area contributed by atoms with Gasteiger partial charge in [-0.05, 0) is 19.1 Å². The van der Waals surface area contributed by atoms with E-state index in [2.05, 4.69) is 6.92 Å². The molecule has 0 saturated heterocycles. The van der Waals surface area contributed by atoms with Gasteiger partial charge in [-0.15, -0.1) is 11.8 Å². The monoisotopic (exact) mass is 246 g/mol. The Kier molecular flexibility index (Phi) is 13.6. The number of rotatable bonds is 12. The van der Waals surface area contributed by atoms with Crippen LogP contribution in [0.5, 0.6) is 0 Å². The molecule has 0 aliphatic heterocycles. The smallest absolute Gasteiger partial charge is 0.0964 e. The summed E-state index contributed by atoms with van der Waals surface area (Å²) >= 11 is 1.66. The molecule has 0 fully saturated rings. The van der Waals surface area contributed by atoms with E-state index in [4.69, 9.17) is 5.11 Å². The van der Waals surface area contributed by atoms with Crippen LogP contribution in [0, 0.1) is 0 Å². The molecule has 1 N–H and O–H groups in total. The Morgan fingerprint density at radius 2 is 1.25 bits per heavy atom. The summed E-state index contributed by atoms with van der Waals surface area (Å²) in [7, 11) is 0. The highest BCUT2D eigenvalue weighted by atomic mass is 32.2. The van der Waals surface area contributed by atoms with E-state index in [0.717, 1.165) is 5.75 Å². The lowest BCUT2D eigenvalue weighted by molar-refractivity contribution is 0.284. The molecule has 0 aromatic carbocycles. The minimum Gasteiger partial charge on any atom is -0.383 e. The van der Waals surface area contributed by atoms with Crippen molar-refractivity contribution in [3.05, 3.63) is 0 Å². The van der Waals surface area contributed by atoms with Gasteiger partial charge in [0.15, 0.2) is 0 Å². The van der Waals surface area contributed by atoms with Crippen LogP contribution in [0.1, 0.15) is 78.1 Å². The van der Waals surface area contributed by atoms with E-state index < -0.39 is 0 Å². The maximum Gasteiger partial charge on any atom is 0.0964 e. The van der Waals surface area contributed by atoms with Crippen LogP contribution in [0.15, 0.2) is 0 Å². The van der Waals surface area contributed by atoms with Crippen LogP contribution < -0.4 is 0 Å². The summed E-state index contributed by atoms with van der Waals surface area (Å²) in [5.74, 6) is 1.12. The van der Waals surface area contributed by atoms with E-state index in [9.17, 15) is 0 Å². The minimum atomic E-state index is -0.182. The van der Waals surface area contributed by atoms with Crippen LogP contribution in [-0.4, -0.2) is 16.3 Å². The fourth-order valence-corrected chi connectivity index (χ4v) is 2.56. The van der Waals surface area contributed by atoms with Crippen LogP contribution in [0.25, 0.3) is 0 Å². The van der Waals surface area contributed by atoms with Gasteiger partial charge in [-0.3, -0.25) is 0 Å². The van der Waals surface area contributed by atoms with E-state index >= 15 is 0 Å². The lowest BCUT2D eigenvalue weighted by atomic mass is 10.1. The van der Waals surface area contributed by atoms with Gasteiger partial charge in [0, 0.05) is 0 Å². The van der Waals surface area contributed by atoms with Gasteiger partial charge in [0.2, 0.25) is 0 Å². The molecule has 1 nitrogen and oxygen atoms in total. The Labute approximate surface area is 106 Å². The third kappa shape index (κ3) is 14.3. The van der Waals surface area contributed by atoms with E-state index in [-0.39, 0.29) is 5.44 Å². The Morgan fingerprint density at radius 3 is 1.69 bits per heavy atom. The molecular weight excluding hydrogens is 216 g/mol. The molecule has 98 valence electrons. The standard InChI is InChI=1S/C14H30OS/c1-3-4-5-6-7-8-9-10-11-12-13-16-14(2)15/h14-15H,3-13H2,1-2H3. The number of hydrogen-bond donors (Lipinski definition) is 1. The first-order valence-corrected chi connectivity index (χ1v) is 8.12. The number of aliphatic hydroxyl groups excluding tert-OH is 1. The highest BCUT2D eigenvalue weighted by Crippen LogP contribution is 2.13. The zero-order chi connectivity index (χ0) is 12.1. The number of hydrogen-bond acceptors (Lipinski definition) is 2. The molecule has 1 atom stereocenters. The van der Waals surface area contributed by atoms with Gasteiger partial charge in [-0.2, -0.15) is 0 Å². The average molecular weight is 246 g/mol. The maximum absolute atomic E-state index is 9.06. The Morgan fingerprint density at radius 1 is 0.812 bits per heavy atom. The third-order valence-corrected chi connectivity index (χ3v) is 3.86. The van der Waals surface area contributed by atoms with E-state index in [0.29, 0.717) is 0 Å². The van der Waals surface area contributed by atoms with Crippen molar-refractivity contribution in [1.82, 2.24) is 0 Å². The van der Waals surface area contributed by atoms with E-state index in [1.807, 2.05) is 6.92 Å². The molecule has 0 amide bonds. The summed E-state index contributed by atoms with van der Waals surface area (Å²) in [5, 5.41) is 9.06. The molecule has 0 heterocycles. The van der Waals surface area contributed by atoms with Crippen LogP contribution in [0.3, 0.4) is 0 Å². The fraction of sp³-hybridized carbons (Fsp3) is 1.00. The predicted octanol–water partition coefficient (Wildman–Crippen LogP) is 4.98. The number of thioether (sulfide) groups is 1. The quantitative estimate of drug-likeness (QED) is 0.387. The van der Waals surface area contributed by atoms with Crippen LogP contribution in [-0.2, 0) is 0 Å². The summed E-state index contributed by atoms with van der Waals surface area (Å²) in [6, 6.07) is 0. The number of aliphatic hydroxyl groups is 1. The molecule has 16 heavy (non-hydrogen) atoms. The Bertz CT molecular complexity index is 126. The van der Waals surface area contributed by atoms with Gasteiger partial charge < -0.3 is 5.11 Å².